The van der Waals surface area contributed by atoms with Gasteiger partial charge in [0.25, 0.3) is 5.91 Å². The smallest absolute Gasteiger partial charge is 0.254 e. The molecule has 9 nitrogen and oxygen atoms in total. The van der Waals surface area contributed by atoms with E-state index in [1.165, 1.54) is 18.4 Å². The van der Waals surface area contributed by atoms with E-state index < -0.39 is 0 Å². The Hall–Kier alpha value is -4.27. The van der Waals surface area contributed by atoms with Crippen LogP contribution in [0.15, 0.2) is 49.2 Å². The van der Waals surface area contributed by atoms with Crippen LogP contribution in [0.3, 0.4) is 0 Å². The second kappa shape index (κ2) is 8.19. The Morgan fingerprint density at radius 2 is 2.00 bits per heavy atom. The quantitative estimate of drug-likeness (QED) is 0.395. The maximum Gasteiger partial charge on any atom is 0.254 e. The lowest BCUT2D eigenvalue weighted by Gasteiger charge is -2.13. The molecule has 35 heavy (non-hydrogen) atoms. The first-order valence-electron chi connectivity index (χ1n) is 11.7. The number of rotatable bonds is 6. The number of imidazole rings is 1. The number of pyridine rings is 3. The second-order valence-corrected chi connectivity index (χ2v) is 9.24. The fraction of sp³-hybridized carbons (Fsp3) is 0.269. The third-order valence-corrected chi connectivity index (χ3v) is 6.74. The normalized spacial score (nSPS) is 13.5. The van der Waals surface area contributed by atoms with Crippen molar-refractivity contribution >= 4 is 28.3 Å². The summed E-state index contributed by atoms with van der Waals surface area (Å²) < 4.78 is 3.81. The predicted octanol–water partition coefficient (Wildman–Crippen LogP) is 3.53. The molecule has 3 N–H and O–H groups in total. The van der Waals surface area contributed by atoms with Crippen molar-refractivity contribution in [3.8, 4) is 0 Å². The van der Waals surface area contributed by atoms with Gasteiger partial charge in [-0.2, -0.15) is 5.10 Å². The molecular formula is C26H26N8O. The van der Waals surface area contributed by atoms with E-state index in [-0.39, 0.29) is 5.91 Å². The van der Waals surface area contributed by atoms with Crippen molar-refractivity contribution in [2.24, 2.45) is 0 Å². The zero-order valence-electron chi connectivity index (χ0n) is 19.7. The highest BCUT2D eigenvalue weighted by atomic mass is 16.1. The van der Waals surface area contributed by atoms with Crippen LogP contribution in [0.1, 0.15) is 57.2 Å². The van der Waals surface area contributed by atoms with Crippen LogP contribution in [0, 0.1) is 13.8 Å². The molecule has 0 spiro atoms. The van der Waals surface area contributed by atoms with Crippen molar-refractivity contribution in [2.75, 3.05) is 5.73 Å². The van der Waals surface area contributed by atoms with Crippen molar-refractivity contribution < 1.29 is 4.79 Å². The number of hydrogen-bond acceptors (Lipinski definition) is 6. The monoisotopic (exact) mass is 466 g/mol. The first-order chi connectivity index (χ1) is 17.0. The Kier molecular flexibility index (Phi) is 4.98. The zero-order chi connectivity index (χ0) is 24.1. The van der Waals surface area contributed by atoms with Crippen LogP contribution in [-0.4, -0.2) is 35.0 Å². The Balaban J connectivity index is 1.15. The van der Waals surface area contributed by atoms with E-state index in [0.717, 1.165) is 33.5 Å². The SMILES string of the molecule is Cc1nc2c(N)nccc2c(C)c1CNC(=O)c1cnn(Cc2cn3cc(C4CC4)ccc3n2)c1. The van der Waals surface area contributed by atoms with Crippen LogP contribution in [0.5, 0.6) is 0 Å². The second-order valence-electron chi connectivity index (χ2n) is 9.24. The fourth-order valence-corrected chi connectivity index (χ4v) is 4.62. The van der Waals surface area contributed by atoms with Gasteiger partial charge in [0.15, 0.2) is 0 Å². The number of aryl methyl sites for hydroxylation is 2. The topological polar surface area (TPSA) is 116 Å². The van der Waals surface area contributed by atoms with Gasteiger partial charge in [-0.15, -0.1) is 0 Å². The third-order valence-electron chi connectivity index (χ3n) is 6.74. The van der Waals surface area contributed by atoms with Gasteiger partial charge in [-0.1, -0.05) is 6.07 Å². The maximum absolute atomic E-state index is 12.8. The number of anilines is 1. The van der Waals surface area contributed by atoms with Gasteiger partial charge in [-0.25, -0.2) is 15.0 Å². The van der Waals surface area contributed by atoms with Gasteiger partial charge in [0.05, 0.1) is 24.0 Å². The summed E-state index contributed by atoms with van der Waals surface area (Å²) in [5.74, 6) is 0.921. The van der Waals surface area contributed by atoms with Crippen molar-refractivity contribution in [3.05, 3.63) is 82.8 Å². The molecule has 5 heterocycles. The molecule has 5 aromatic rings. The number of carbonyl (C=O) groups is 1. The summed E-state index contributed by atoms with van der Waals surface area (Å²) in [4.78, 5) is 26.3. The lowest BCUT2D eigenvalue weighted by atomic mass is 10.0. The Labute approximate surface area is 202 Å². The van der Waals surface area contributed by atoms with E-state index in [2.05, 4.69) is 43.1 Å². The molecule has 0 saturated heterocycles. The molecule has 176 valence electrons. The van der Waals surface area contributed by atoms with Gasteiger partial charge in [-0.05, 0) is 61.4 Å². The molecule has 1 aliphatic carbocycles. The van der Waals surface area contributed by atoms with Crippen molar-refractivity contribution in [3.63, 3.8) is 0 Å². The Morgan fingerprint density at radius 3 is 2.83 bits per heavy atom. The Bertz CT molecular complexity index is 1590. The van der Waals surface area contributed by atoms with Gasteiger partial charge in [0.1, 0.15) is 17.0 Å². The highest BCUT2D eigenvalue weighted by Crippen LogP contribution is 2.39. The molecule has 1 aliphatic rings. The third kappa shape index (κ3) is 3.99. The standard InChI is InChI=1S/C26H26N8O/c1-15-21-7-8-28-25(27)24(21)31-16(2)22(15)10-29-26(35)19-9-30-34(12-19)14-20-13-33-11-18(17-3-4-17)5-6-23(33)32-20/h5-9,11-13,17H,3-4,10,14H2,1-2H3,(H2,27,28)(H,29,35). The lowest BCUT2D eigenvalue weighted by molar-refractivity contribution is 0.0950. The predicted molar refractivity (Wildman–Crippen MR) is 133 cm³/mol. The van der Waals surface area contributed by atoms with E-state index >= 15 is 0 Å². The number of amides is 1. The highest BCUT2D eigenvalue weighted by molar-refractivity contribution is 5.94. The molecule has 9 heteroatoms. The summed E-state index contributed by atoms with van der Waals surface area (Å²) in [7, 11) is 0. The summed E-state index contributed by atoms with van der Waals surface area (Å²) in [5, 5.41) is 8.31. The highest BCUT2D eigenvalue weighted by Gasteiger charge is 2.23. The van der Waals surface area contributed by atoms with E-state index in [1.807, 2.05) is 26.1 Å². The van der Waals surface area contributed by atoms with Gasteiger partial charge in [-0.3, -0.25) is 9.48 Å². The number of aromatic nitrogens is 6. The van der Waals surface area contributed by atoms with Crippen LogP contribution < -0.4 is 11.1 Å². The molecule has 0 unspecified atom stereocenters. The number of fused-ring (bicyclic) bond motifs is 2. The van der Waals surface area contributed by atoms with Gasteiger partial charge in [0.2, 0.25) is 0 Å². The summed E-state index contributed by atoms with van der Waals surface area (Å²) in [6.07, 6.45) is 11.8. The van der Waals surface area contributed by atoms with Gasteiger partial charge < -0.3 is 15.5 Å². The van der Waals surface area contributed by atoms with Crippen LogP contribution in [0.2, 0.25) is 0 Å². The van der Waals surface area contributed by atoms with E-state index in [4.69, 9.17) is 10.7 Å². The van der Waals surface area contributed by atoms with Crippen molar-refractivity contribution in [1.29, 1.82) is 0 Å². The molecule has 0 radical (unpaired) electrons. The minimum absolute atomic E-state index is 0.187. The molecule has 1 saturated carbocycles. The van der Waals surface area contributed by atoms with E-state index in [1.54, 1.807) is 23.3 Å². The molecule has 1 amide bonds. The van der Waals surface area contributed by atoms with E-state index in [9.17, 15) is 4.79 Å². The number of nitrogens with one attached hydrogen (secondary N) is 1. The maximum atomic E-state index is 12.8. The van der Waals surface area contributed by atoms with Crippen molar-refractivity contribution in [2.45, 2.75) is 45.7 Å². The fourth-order valence-electron chi connectivity index (χ4n) is 4.62. The minimum atomic E-state index is -0.187. The van der Waals surface area contributed by atoms with Crippen LogP contribution in [-0.2, 0) is 13.1 Å². The van der Waals surface area contributed by atoms with Gasteiger partial charge >= 0.3 is 0 Å². The molecule has 1 fully saturated rings. The van der Waals surface area contributed by atoms with Crippen LogP contribution in [0.4, 0.5) is 5.82 Å². The summed E-state index contributed by atoms with van der Waals surface area (Å²) in [6.45, 7) is 4.79. The van der Waals surface area contributed by atoms with Crippen LogP contribution >= 0.6 is 0 Å². The number of nitrogen functional groups attached to an aromatic ring is 1. The molecule has 0 bridgehead atoms. The minimum Gasteiger partial charge on any atom is -0.382 e. The number of nitrogens with zero attached hydrogens (tertiary/aromatic N) is 6. The molecule has 5 aromatic heterocycles. The first kappa shape index (κ1) is 21.3. The molecule has 0 atom stereocenters. The average molecular weight is 467 g/mol. The number of carbonyl (C=O) groups excluding carboxylic acids is 1. The molecule has 6 rings (SSSR count). The lowest BCUT2D eigenvalue weighted by Crippen LogP contribution is -2.23. The first-order valence-corrected chi connectivity index (χ1v) is 11.7. The van der Waals surface area contributed by atoms with Gasteiger partial charge in [0, 0.05) is 42.4 Å². The summed E-state index contributed by atoms with van der Waals surface area (Å²) >= 11 is 0. The molecular weight excluding hydrogens is 440 g/mol. The Morgan fingerprint density at radius 1 is 1.14 bits per heavy atom. The van der Waals surface area contributed by atoms with Crippen molar-refractivity contribution in [1.82, 2.24) is 34.4 Å². The summed E-state index contributed by atoms with van der Waals surface area (Å²) in [5.41, 5.74) is 13.2. The average Bonchev–Trinajstić information content (AvgIpc) is 3.46. The van der Waals surface area contributed by atoms with E-state index in [0.29, 0.717) is 35.9 Å². The van der Waals surface area contributed by atoms with Crippen LogP contribution in [0.25, 0.3) is 16.6 Å². The molecule has 0 aliphatic heterocycles. The summed E-state index contributed by atoms with van der Waals surface area (Å²) in [6, 6.07) is 6.13. The molecule has 0 aromatic carbocycles. The largest absolute Gasteiger partial charge is 0.382 e. The number of hydrogen-bond donors (Lipinski definition) is 2. The zero-order valence-corrected chi connectivity index (χ0v) is 19.7. The number of nitrogens with two attached hydrogens (primary N) is 1.